The van der Waals surface area contributed by atoms with Crippen molar-refractivity contribution < 1.29 is 19.1 Å². The van der Waals surface area contributed by atoms with Crippen molar-refractivity contribution in [3.8, 4) is 5.75 Å². The third kappa shape index (κ3) is 3.22. The molecule has 0 saturated carbocycles. The number of Topliss-reactive ketones (excluding diaryl/α,β-unsaturated/α-hetero) is 1. The number of carbonyl (C=O) groups excluding carboxylic acids is 2. The fourth-order valence-electron chi connectivity index (χ4n) is 4.36. The molecular weight excluding hydrogens is 418 g/mol. The largest absolute Gasteiger partial charge is 0.508 e. The number of hydrogen-bond donors (Lipinski definition) is 1. The van der Waals surface area contributed by atoms with Gasteiger partial charge < -0.3 is 9.52 Å². The maximum Gasteiger partial charge on any atom is 0.295 e. The number of nitrogens with zero attached hydrogens (tertiary/aromatic N) is 1. The van der Waals surface area contributed by atoms with E-state index in [4.69, 9.17) is 4.42 Å². The van der Waals surface area contributed by atoms with Gasteiger partial charge in [-0.2, -0.15) is 0 Å². The molecule has 1 amide bonds. The molecule has 0 spiro atoms. The zero-order valence-corrected chi connectivity index (χ0v) is 18.4. The van der Waals surface area contributed by atoms with E-state index in [9.17, 15) is 19.5 Å². The zero-order chi connectivity index (χ0) is 23.4. The van der Waals surface area contributed by atoms with Crippen molar-refractivity contribution in [3.63, 3.8) is 0 Å². The highest BCUT2D eigenvalue weighted by molar-refractivity contribution is 6.11. The van der Waals surface area contributed by atoms with Gasteiger partial charge in [-0.05, 0) is 86.0 Å². The number of fused-ring (bicyclic) bond motifs is 2. The summed E-state index contributed by atoms with van der Waals surface area (Å²) in [7, 11) is 0. The number of amides is 1. The Hall–Kier alpha value is -4.19. The van der Waals surface area contributed by atoms with Crippen LogP contribution >= 0.6 is 0 Å². The van der Waals surface area contributed by atoms with Crippen LogP contribution in [0.4, 0.5) is 5.69 Å². The van der Waals surface area contributed by atoms with Gasteiger partial charge in [-0.1, -0.05) is 12.1 Å². The second-order valence-electron chi connectivity index (χ2n) is 8.38. The van der Waals surface area contributed by atoms with E-state index in [0.717, 1.165) is 11.1 Å². The molecule has 1 aliphatic heterocycles. The molecule has 0 fully saturated rings. The van der Waals surface area contributed by atoms with Gasteiger partial charge in [-0.25, -0.2) is 0 Å². The SMILES string of the molecule is CC(=O)c1ccc(N2C(=O)c3oc4cc(C)c(C)cc4c(=O)c3C2c2cccc(O)c2)cc1. The van der Waals surface area contributed by atoms with Crippen molar-refractivity contribution >= 4 is 28.3 Å². The van der Waals surface area contributed by atoms with Crippen molar-refractivity contribution in [2.75, 3.05) is 4.90 Å². The van der Waals surface area contributed by atoms with Gasteiger partial charge in [-0.3, -0.25) is 19.3 Å². The average Bonchev–Trinajstić information content (AvgIpc) is 3.08. The molecule has 4 aromatic rings. The summed E-state index contributed by atoms with van der Waals surface area (Å²) in [5.41, 5.74) is 3.83. The minimum Gasteiger partial charge on any atom is -0.508 e. The molecule has 33 heavy (non-hydrogen) atoms. The van der Waals surface area contributed by atoms with Gasteiger partial charge in [0.15, 0.2) is 11.2 Å². The summed E-state index contributed by atoms with van der Waals surface area (Å²) in [6.07, 6.45) is 0. The van der Waals surface area contributed by atoms with Crippen molar-refractivity contribution in [2.45, 2.75) is 26.8 Å². The minimum atomic E-state index is -0.787. The third-order valence-electron chi connectivity index (χ3n) is 6.22. The van der Waals surface area contributed by atoms with Crippen LogP contribution in [0, 0.1) is 13.8 Å². The van der Waals surface area contributed by atoms with Crippen LogP contribution in [0.5, 0.6) is 5.75 Å². The van der Waals surface area contributed by atoms with Crippen LogP contribution < -0.4 is 10.3 Å². The summed E-state index contributed by atoms with van der Waals surface area (Å²) in [6, 6.07) is 15.9. The Morgan fingerprint density at radius 1 is 0.970 bits per heavy atom. The quantitative estimate of drug-likeness (QED) is 0.451. The minimum absolute atomic E-state index is 0.0141. The van der Waals surface area contributed by atoms with Gasteiger partial charge in [0, 0.05) is 11.3 Å². The van der Waals surface area contributed by atoms with Crippen LogP contribution in [0.25, 0.3) is 11.0 Å². The van der Waals surface area contributed by atoms with E-state index < -0.39 is 11.9 Å². The van der Waals surface area contributed by atoms with Gasteiger partial charge in [0.05, 0.1) is 17.0 Å². The molecule has 1 N–H and O–H groups in total. The molecule has 6 nitrogen and oxygen atoms in total. The Morgan fingerprint density at radius 2 is 1.67 bits per heavy atom. The maximum atomic E-state index is 13.7. The lowest BCUT2D eigenvalue weighted by Gasteiger charge is -2.25. The number of ketones is 1. The first-order valence-electron chi connectivity index (χ1n) is 10.6. The summed E-state index contributed by atoms with van der Waals surface area (Å²) in [5, 5.41) is 10.5. The monoisotopic (exact) mass is 439 g/mol. The van der Waals surface area contributed by atoms with Crippen LogP contribution in [-0.2, 0) is 0 Å². The van der Waals surface area contributed by atoms with E-state index in [1.54, 1.807) is 48.5 Å². The molecule has 164 valence electrons. The molecule has 1 atom stereocenters. The highest BCUT2D eigenvalue weighted by Crippen LogP contribution is 2.42. The van der Waals surface area contributed by atoms with Crippen molar-refractivity contribution in [3.05, 3.63) is 104 Å². The lowest BCUT2D eigenvalue weighted by molar-refractivity contribution is 0.0970. The van der Waals surface area contributed by atoms with Crippen LogP contribution in [0.1, 0.15) is 56.1 Å². The fourth-order valence-corrected chi connectivity index (χ4v) is 4.36. The predicted molar refractivity (Wildman–Crippen MR) is 125 cm³/mol. The molecule has 2 heterocycles. The van der Waals surface area contributed by atoms with Crippen LogP contribution in [0.2, 0.25) is 0 Å². The Labute approximate surface area is 189 Å². The molecule has 1 aromatic heterocycles. The lowest BCUT2D eigenvalue weighted by Crippen LogP contribution is -2.29. The molecule has 1 unspecified atom stereocenters. The van der Waals surface area contributed by atoms with Crippen molar-refractivity contribution in [1.29, 1.82) is 0 Å². The molecular formula is C27H21NO5. The Balaban J connectivity index is 1.79. The molecule has 0 saturated heterocycles. The van der Waals surface area contributed by atoms with E-state index in [2.05, 4.69) is 0 Å². The van der Waals surface area contributed by atoms with E-state index in [0.29, 0.717) is 27.8 Å². The molecule has 0 radical (unpaired) electrons. The van der Waals surface area contributed by atoms with E-state index in [1.807, 2.05) is 13.8 Å². The summed E-state index contributed by atoms with van der Waals surface area (Å²) in [5.74, 6) is -0.529. The number of aromatic hydroxyl groups is 1. The topological polar surface area (TPSA) is 87.8 Å². The number of anilines is 1. The second-order valence-corrected chi connectivity index (χ2v) is 8.38. The van der Waals surface area contributed by atoms with Crippen molar-refractivity contribution in [2.24, 2.45) is 0 Å². The smallest absolute Gasteiger partial charge is 0.295 e. The Morgan fingerprint density at radius 3 is 2.33 bits per heavy atom. The molecule has 1 aliphatic rings. The summed E-state index contributed by atoms with van der Waals surface area (Å²) < 4.78 is 6.02. The first-order valence-corrected chi connectivity index (χ1v) is 10.6. The van der Waals surface area contributed by atoms with Crippen LogP contribution in [0.15, 0.2) is 69.9 Å². The number of carbonyl (C=O) groups is 2. The third-order valence-corrected chi connectivity index (χ3v) is 6.22. The normalized spacial score (nSPS) is 15.2. The molecule has 3 aromatic carbocycles. The zero-order valence-electron chi connectivity index (χ0n) is 18.4. The van der Waals surface area contributed by atoms with Gasteiger partial charge >= 0.3 is 0 Å². The van der Waals surface area contributed by atoms with Gasteiger partial charge in [0.25, 0.3) is 5.91 Å². The number of phenols is 1. The average molecular weight is 439 g/mol. The number of aryl methyl sites for hydroxylation is 2. The summed E-state index contributed by atoms with van der Waals surface area (Å²) in [6.45, 7) is 5.31. The predicted octanol–water partition coefficient (Wildman–Crippen LogP) is 5.07. The van der Waals surface area contributed by atoms with E-state index in [1.165, 1.54) is 24.0 Å². The van der Waals surface area contributed by atoms with Gasteiger partial charge in [-0.15, -0.1) is 0 Å². The Kier molecular flexibility index (Phi) is 4.67. The first-order chi connectivity index (χ1) is 15.8. The molecule has 0 aliphatic carbocycles. The maximum absolute atomic E-state index is 13.7. The van der Waals surface area contributed by atoms with E-state index >= 15 is 0 Å². The Bertz CT molecular complexity index is 1510. The lowest BCUT2D eigenvalue weighted by atomic mass is 9.97. The summed E-state index contributed by atoms with van der Waals surface area (Å²) >= 11 is 0. The van der Waals surface area contributed by atoms with Crippen molar-refractivity contribution in [1.82, 2.24) is 0 Å². The first kappa shape index (κ1) is 20.7. The molecule has 6 heteroatoms. The highest BCUT2D eigenvalue weighted by Gasteiger charge is 2.43. The highest BCUT2D eigenvalue weighted by atomic mass is 16.3. The number of rotatable bonds is 3. The van der Waals surface area contributed by atoms with Crippen LogP contribution in [0.3, 0.4) is 0 Å². The number of hydrogen-bond acceptors (Lipinski definition) is 5. The summed E-state index contributed by atoms with van der Waals surface area (Å²) in [4.78, 5) is 40.5. The second kappa shape index (κ2) is 7.45. The van der Waals surface area contributed by atoms with Gasteiger partial charge in [0.2, 0.25) is 5.76 Å². The fraction of sp³-hybridized carbons (Fsp3) is 0.148. The standard InChI is InChI=1S/C27H21NO5/c1-14-11-21-22(12-15(14)2)33-26-23(25(21)31)24(18-5-4-6-20(30)13-18)28(27(26)32)19-9-7-17(8-10-19)16(3)29/h4-13,24,30H,1-3H3. The van der Waals surface area contributed by atoms with Crippen LogP contribution in [-0.4, -0.2) is 16.8 Å². The van der Waals surface area contributed by atoms with E-state index in [-0.39, 0.29) is 28.3 Å². The number of benzene rings is 3. The van der Waals surface area contributed by atoms with Gasteiger partial charge in [0.1, 0.15) is 11.3 Å². The number of phenolic OH excluding ortho intramolecular Hbond substituents is 1. The molecule has 0 bridgehead atoms. The molecule has 5 rings (SSSR count).